The van der Waals surface area contributed by atoms with E-state index in [4.69, 9.17) is 0 Å². The van der Waals surface area contributed by atoms with Gasteiger partial charge in [0, 0.05) is 25.0 Å². The van der Waals surface area contributed by atoms with Gasteiger partial charge < -0.3 is 10.2 Å². The van der Waals surface area contributed by atoms with E-state index in [9.17, 15) is 4.79 Å². The third-order valence-corrected chi connectivity index (χ3v) is 3.82. The number of nitrogens with one attached hydrogen (secondary N) is 1. The van der Waals surface area contributed by atoms with Crippen LogP contribution in [0, 0.1) is 6.92 Å². The molecular weight excluding hydrogens is 276 g/mol. The molecule has 114 valence electrons. The first-order valence-electron chi connectivity index (χ1n) is 7.68. The number of piperidine rings is 1. The normalized spacial score (nSPS) is 14.7. The van der Waals surface area contributed by atoms with Crippen molar-refractivity contribution >= 4 is 17.5 Å². The number of carbonyl (C=O) groups excluding carboxylic acids is 1. The summed E-state index contributed by atoms with van der Waals surface area (Å²) in [6.07, 6.45) is 5.35. The lowest BCUT2D eigenvalue weighted by atomic mass is 10.1. The number of anilines is 2. The molecule has 0 aromatic carbocycles. The molecule has 0 unspecified atom stereocenters. The number of carbonyl (C=O) groups is 1. The van der Waals surface area contributed by atoms with Gasteiger partial charge in [0.2, 0.25) is 0 Å². The minimum atomic E-state index is -0.184. The Kier molecular flexibility index (Phi) is 4.32. The first-order chi connectivity index (χ1) is 10.7. The van der Waals surface area contributed by atoms with Gasteiger partial charge in [-0.25, -0.2) is 9.97 Å². The van der Waals surface area contributed by atoms with Crippen molar-refractivity contribution in [1.82, 2.24) is 9.97 Å². The fraction of sp³-hybridized carbons (Fsp3) is 0.353. The summed E-state index contributed by atoms with van der Waals surface area (Å²) in [7, 11) is 0. The van der Waals surface area contributed by atoms with Crippen molar-refractivity contribution in [3.05, 3.63) is 47.8 Å². The second kappa shape index (κ2) is 6.56. The predicted octanol–water partition coefficient (Wildman–Crippen LogP) is 3.03. The molecule has 1 aliphatic heterocycles. The van der Waals surface area contributed by atoms with Gasteiger partial charge in [-0.05, 0) is 50.5 Å². The summed E-state index contributed by atoms with van der Waals surface area (Å²) in [6.45, 7) is 3.99. The smallest absolute Gasteiger partial charge is 0.258 e. The summed E-state index contributed by atoms with van der Waals surface area (Å²) in [4.78, 5) is 23.2. The highest BCUT2D eigenvalue weighted by Gasteiger charge is 2.13. The first-order valence-corrected chi connectivity index (χ1v) is 7.68. The highest BCUT2D eigenvalue weighted by atomic mass is 16.1. The Hall–Kier alpha value is -2.43. The van der Waals surface area contributed by atoms with Gasteiger partial charge in [-0.3, -0.25) is 4.79 Å². The van der Waals surface area contributed by atoms with Crippen LogP contribution in [0.2, 0.25) is 0 Å². The van der Waals surface area contributed by atoms with Gasteiger partial charge >= 0.3 is 0 Å². The van der Waals surface area contributed by atoms with Crippen LogP contribution in [0.1, 0.15) is 35.3 Å². The number of pyridine rings is 2. The molecule has 1 saturated heterocycles. The first kappa shape index (κ1) is 14.5. The molecule has 0 saturated carbocycles. The van der Waals surface area contributed by atoms with E-state index in [0.29, 0.717) is 11.4 Å². The van der Waals surface area contributed by atoms with Crippen molar-refractivity contribution < 1.29 is 4.79 Å². The summed E-state index contributed by atoms with van der Waals surface area (Å²) < 4.78 is 0. The van der Waals surface area contributed by atoms with Crippen LogP contribution in [-0.4, -0.2) is 29.0 Å². The monoisotopic (exact) mass is 296 g/mol. The van der Waals surface area contributed by atoms with Crippen LogP contribution in [-0.2, 0) is 0 Å². The molecule has 22 heavy (non-hydrogen) atoms. The molecule has 2 aromatic rings. The molecule has 5 nitrogen and oxygen atoms in total. The zero-order valence-corrected chi connectivity index (χ0v) is 12.7. The topological polar surface area (TPSA) is 58.1 Å². The number of hydrogen-bond acceptors (Lipinski definition) is 4. The van der Waals surface area contributed by atoms with E-state index < -0.39 is 0 Å². The Bertz CT molecular complexity index is 648. The summed E-state index contributed by atoms with van der Waals surface area (Å²) in [5.74, 6) is 1.32. The van der Waals surface area contributed by atoms with Gasteiger partial charge in [0.05, 0.1) is 5.56 Å². The third-order valence-electron chi connectivity index (χ3n) is 3.82. The predicted molar refractivity (Wildman–Crippen MR) is 87.2 cm³/mol. The standard InChI is InChI=1S/C17H20N4O/c1-13-6-5-7-15(19-13)20-17(22)14-8-9-16(18-12-14)21-10-3-2-4-11-21/h5-9,12H,2-4,10-11H2,1H3,(H,19,20,22). The Morgan fingerprint density at radius 3 is 2.64 bits per heavy atom. The highest BCUT2D eigenvalue weighted by Crippen LogP contribution is 2.17. The average molecular weight is 296 g/mol. The number of nitrogens with zero attached hydrogens (tertiary/aromatic N) is 3. The average Bonchev–Trinajstić information content (AvgIpc) is 2.56. The van der Waals surface area contributed by atoms with Crippen LogP contribution in [0.4, 0.5) is 11.6 Å². The summed E-state index contributed by atoms with van der Waals surface area (Å²) in [6, 6.07) is 9.28. The second-order valence-electron chi connectivity index (χ2n) is 5.57. The quantitative estimate of drug-likeness (QED) is 0.946. The minimum Gasteiger partial charge on any atom is -0.357 e. The Morgan fingerprint density at radius 1 is 1.14 bits per heavy atom. The number of hydrogen-bond donors (Lipinski definition) is 1. The molecule has 1 aliphatic rings. The molecule has 0 bridgehead atoms. The van der Waals surface area contributed by atoms with Gasteiger partial charge in [-0.1, -0.05) is 6.07 Å². The van der Waals surface area contributed by atoms with Crippen LogP contribution in [0.25, 0.3) is 0 Å². The maximum atomic E-state index is 12.2. The molecule has 5 heteroatoms. The summed E-state index contributed by atoms with van der Waals surface area (Å²) in [5, 5.41) is 2.79. The molecule has 3 heterocycles. The lowest BCUT2D eigenvalue weighted by Gasteiger charge is -2.27. The van der Waals surface area contributed by atoms with Crippen molar-refractivity contribution in [2.45, 2.75) is 26.2 Å². The molecular formula is C17H20N4O. The van der Waals surface area contributed by atoms with Crippen LogP contribution in [0.3, 0.4) is 0 Å². The highest BCUT2D eigenvalue weighted by molar-refractivity contribution is 6.03. The van der Waals surface area contributed by atoms with Crippen molar-refractivity contribution in [2.75, 3.05) is 23.3 Å². The SMILES string of the molecule is Cc1cccc(NC(=O)c2ccc(N3CCCCC3)nc2)n1. The van der Waals surface area contributed by atoms with E-state index >= 15 is 0 Å². The molecule has 0 aliphatic carbocycles. The fourth-order valence-corrected chi connectivity index (χ4v) is 2.63. The van der Waals surface area contributed by atoms with E-state index in [2.05, 4.69) is 20.2 Å². The fourth-order valence-electron chi connectivity index (χ4n) is 2.63. The van der Waals surface area contributed by atoms with Crippen molar-refractivity contribution in [2.24, 2.45) is 0 Å². The maximum Gasteiger partial charge on any atom is 0.258 e. The van der Waals surface area contributed by atoms with E-state index in [-0.39, 0.29) is 5.91 Å². The molecule has 0 atom stereocenters. The molecule has 1 N–H and O–H groups in total. The van der Waals surface area contributed by atoms with Crippen LogP contribution in [0.15, 0.2) is 36.5 Å². The molecule has 0 spiro atoms. The number of aryl methyl sites for hydroxylation is 1. The van der Waals surface area contributed by atoms with E-state index in [0.717, 1.165) is 24.6 Å². The van der Waals surface area contributed by atoms with Crippen molar-refractivity contribution in [3.63, 3.8) is 0 Å². The lowest BCUT2D eigenvalue weighted by Crippen LogP contribution is -2.30. The van der Waals surface area contributed by atoms with Crippen LogP contribution >= 0.6 is 0 Å². The minimum absolute atomic E-state index is 0.184. The number of aromatic nitrogens is 2. The van der Waals surface area contributed by atoms with Gasteiger partial charge in [0.25, 0.3) is 5.91 Å². The Balaban J connectivity index is 1.68. The van der Waals surface area contributed by atoms with E-state index in [1.54, 1.807) is 12.3 Å². The number of rotatable bonds is 3. The van der Waals surface area contributed by atoms with E-state index in [1.807, 2.05) is 31.2 Å². The zero-order chi connectivity index (χ0) is 15.4. The lowest BCUT2D eigenvalue weighted by molar-refractivity contribution is 0.102. The largest absolute Gasteiger partial charge is 0.357 e. The van der Waals surface area contributed by atoms with Gasteiger partial charge in [0.15, 0.2) is 0 Å². The second-order valence-corrected chi connectivity index (χ2v) is 5.57. The molecule has 1 fully saturated rings. The van der Waals surface area contributed by atoms with Crippen molar-refractivity contribution in [1.29, 1.82) is 0 Å². The van der Waals surface area contributed by atoms with Crippen LogP contribution < -0.4 is 10.2 Å². The van der Waals surface area contributed by atoms with Gasteiger partial charge in [-0.15, -0.1) is 0 Å². The maximum absolute atomic E-state index is 12.2. The Labute approximate surface area is 130 Å². The molecule has 2 aromatic heterocycles. The Morgan fingerprint density at radius 2 is 1.95 bits per heavy atom. The van der Waals surface area contributed by atoms with Gasteiger partial charge in [0.1, 0.15) is 11.6 Å². The zero-order valence-electron chi connectivity index (χ0n) is 12.7. The van der Waals surface area contributed by atoms with E-state index in [1.165, 1.54) is 19.3 Å². The molecule has 0 radical (unpaired) electrons. The molecule has 3 rings (SSSR count). The van der Waals surface area contributed by atoms with Crippen LogP contribution in [0.5, 0.6) is 0 Å². The summed E-state index contributed by atoms with van der Waals surface area (Å²) >= 11 is 0. The third kappa shape index (κ3) is 3.42. The molecule has 1 amide bonds. The number of amides is 1. The summed E-state index contributed by atoms with van der Waals surface area (Å²) in [5.41, 5.74) is 1.42. The van der Waals surface area contributed by atoms with Crippen molar-refractivity contribution in [3.8, 4) is 0 Å². The van der Waals surface area contributed by atoms with Gasteiger partial charge in [-0.2, -0.15) is 0 Å².